The van der Waals surface area contributed by atoms with Gasteiger partial charge in [-0.3, -0.25) is 0 Å². The van der Waals surface area contributed by atoms with Crippen LogP contribution >= 0.6 is 11.6 Å². The van der Waals surface area contributed by atoms with Crippen molar-refractivity contribution in [3.8, 4) is 0 Å². The molecule has 0 spiro atoms. The zero-order valence-corrected chi connectivity index (χ0v) is 12.8. The quantitative estimate of drug-likeness (QED) is 0.799. The Morgan fingerprint density at radius 1 is 1.10 bits per heavy atom. The Morgan fingerprint density at radius 2 is 1.80 bits per heavy atom. The first-order valence-electron chi connectivity index (χ1n) is 6.65. The van der Waals surface area contributed by atoms with E-state index in [9.17, 15) is 4.39 Å². The lowest BCUT2D eigenvalue weighted by atomic mass is 9.86. The molecule has 0 saturated heterocycles. The molecule has 0 amide bonds. The number of benzene rings is 2. The van der Waals surface area contributed by atoms with Crippen LogP contribution < -0.4 is 5.32 Å². The fourth-order valence-electron chi connectivity index (χ4n) is 2.16. The van der Waals surface area contributed by atoms with Crippen molar-refractivity contribution in [1.82, 2.24) is 0 Å². The molecule has 0 saturated carbocycles. The number of rotatable bonds is 3. The lowest BCUT2D eigenvalue weighted by molar-refractivity contribution is 0.591. The van der Waals surface area contributed by atoms with Gasteiger partial charge in [-0.1, -0.05) is 50.6 Å². The third-order valence-corrected chi connectivity index (χ3v) is 3.45. The summed E-state index contributed by atoms with van der Waals surface area (Å²) >= 11 is 5.91. The molecule has 2 aromatic carbocycles. The minimum absolute atomic E-state index is 0.0382. The minimum atomic E-state index is -0.241. The number of para-hydroxylation sites is 1. The van der Waals surface area contributed by atoms with Crippen molar-refractivity contribution in [2.45, 2.75) is 32.7 Å². The highest BCUT2D eigenvalue weighted by Gasteiger charge is 2.17. The smallest absolute Gasteiger partial charge is 0.128 e. The molecular weight excluding hydrogens is 273 g/mol. The van der Waals surface area contributed by atoms with E-state index in [1.165, 1.54) is 11.6 Å². The summed E-state index contributed by atoms with van der Waals surface area (Å²) in [7, 11) is 0. The predicted molar refractivity (Wildman–Crippen MR) is 83.9 cm³/mol. The molecule has 0 aliphatic heterocycles. The summed E-state index contributed by atoms with van der Waals surface area (Å²) in [6, 6.07) is 12.7. The second-order valence-corrected chi connectivity index (χ2v) is 6.32. The van der Waals surface area contributed by atoms with Gasteiger partial charge in [-0.15, -0.1) is 0 Å². The Bertz CT molecular complexity index is 602. The molecular formula is C17H19ClFN. The monoisotopic (exact) mass is 291 g/mol. The first-order valence-corrected chi connectivity index (χ1v) is 7.03. The van der Waals surface area contributed by atoms with Crippen molar-refractivity contribution < 1.29 is 4.39 Å². The molecule has 0 radical (unpaired) electrons. The van der Waals surface area contributed by atoms with Gasteiger partial charge in [-0.25, -0.2) is 4.39 Å². The molecule has 3 heteroatoms. The van der Waals surface area contributed by atoms with E-state index in [0.717, 1.165) is 5.69 Å². The van der Waals surface area contributed by atoms with Gasteiger partial charge in [-0.05, 0) is 35.2 Å². The highest BCUT2D eigenvalue weighted by molar-refractivity contribution is 6.30. The molecule has 20 heavy (non-hydrogen) atoms. The van der Waals surface area contributed by atoms with Crippen LogP contribution in [0.3, 0.4) is 0 Å². The van der Waals surface area contributed by atoms with E-state index in [4.69, 9.17) is 11.6 Å². The van der Waals surface area contributed by atoms with Gasteiger partial charge in [0.15, 0.2) is 0 Å². The molecule has 106 valence electrons. The molecule has 1 nitrogen and oxygen atoms in total. The maximum Gasteiger partial charge on any atom is 0.128 e. The van der Waals surface area contributed by atoms with Crippen molar-refractivity contribution >= 4 is 17.3 Å². The van der Waals surface area contributed by atoms with Crippen molar-refractivity contribution in [1.29, 1.82) is 0 Å². The van der Waals surface area contributed by atoms with Gasteiger partial charge in [0.25, 0.3) is 0 Å². The van der Waals surface area contributed by atoms with Crippen LogP contribution in [-0.2, 0) is 12.0 Å². The fourth-order valence-corrected chi connectivity index (χ4v) is 2.36. The van der Waals surface area contributed by atoms with E-state index < -0.39 is 0 Å². The second kappa shape index (κ2) is 5.84. The molecule has 2 aromatic rings. The Morgan fingerprint density at radius 3 is 2.50 bits per heavy atom. The van der Waals surface area contributed by atoms with Gasteiger partial charge in [0, 0.05) is 22.8 Å². The summed E-state index contributed by atoms with van der Waals surface area (Å²) < 4.78 is 13.7. The molecule has 2 rings (SSSR count). The van der Waals surface area contributed by atoms with E-state index in [1.54, 1.807) is 12.1 Å². The zero-order chi connectivity index (χ0) is 14.8. The maximum absolute atomic E-state index is 13.7. The number of nitrogens with one attached hydrogen (secondary N) is 1. The predicted octanol–water partition coefficient (Wildman–Crippen LogP) is 5.39. The highest BCUT2D eigenvalue weighted by atomic mass is 35.5. The molecule has 1 N–H and O–H groups in total. The Kier molecular flexibility index (Phi) is 4.34. The molecule has 0 fully saturated rings. The van der Waals surface area contributed by atoms with Crippen LogP contribution in [0.1, 0.15) is 31.9 Å². The first-order chi connectivity index (χ1) is 9.38. The van der Waals surface area contributed by atoms with E-state index in [1.807, 2.05) is 18.2 Å². The van der Waals surface area contributed by atoms with Crippen molar-refractivity contribution in [3.05, 3.63) is 64.4 Å². The standard InChI is InChI=1S/C17H19ClFN/c1-17(2,3)14-6-4-5-7-16(14)20-11-12-10-13(18)8-9-15(12)19/h4-10,20H,11H2,1-3H3. The Hall–Kier alpha value is -1.54. The Balaban J connectivity index is 2.21. The summed E-state index contributed by atoms with van der Waals surface area (Å²) in [5.41, 5.74) is 2.85. The lowest BCUT2D eigenvalue weighted by Crippen LogP contribution is -2.15. The molecule has 0 heterocycles. The largest absolute Gasteiger partial charge is 0.381 e. The number of halogens is 2. The average molecular weight is 292 g/mol. The van der Waals surface area contributed by atoms with Gasteiger partial charge < -0.3 is 5.32 Å². The van der Waals surface area contributed by atoms with Crippen LogP contribution in [0.2, 0.25) is 5.02 Å². The second-order valence-electron chi connectivity index (χ2n) is 5.88. The minimum Gasteiger partial charge on any atom is -0.381 e. The van der Waals surface area contributed by atoms with E-state index in [-0.39, 0.29) is 11.2 Å². The van der Waals surface area contributed by atoms with E-state index in [2.05, 4.69) is 32.2 Å². The molecule has 0 aliphatic rings. The van der Waals surface area contributed by atoms with Gasteiger partial charge in [-0.2, -0.15) is 0 Å². The molecule has 0 atom stereocenters. The number of hydrogen-bond acceptors (Lipinski definition) is 1. The van der Waals surface area contributed by atoms with Crippen LogP contribution in [0, 0.1) is 5.82 Å². The van der Waals surface area contributed by atoms with Gasteiger partial charge in [0.1, 0.15) is 5.82 Å². The normalized spacial score (nSPS) is 11.4. The average Bonchev–Trinajstić information content (AvgIpc) is 2.39. The summed E-state index contributed by atoms with van der Waals surface area (Å²) in [6.07, 6.45) is 0. The first kappa shape index (κ1) is 14.9. The van der Waals surface area contributed by atoms with E-state index in [0.29, 0.717) is 17.1 Å². The summed E-state index contributed by atoms with van der Waals surface area (Å²) in [5, 5.41) is 3.85. The molecule has 0 aromatic heterocycles. The van der Waals surface area contributed by atoms with Crippen LogP contribution in [0.15, 0.2) is 42.5 Å². The van der Waals surface area contributed by atoms with Crippen LogP contribution in [-0.4, -0.2) is 0 Å². The highest BCUT2D eigenvalue weighted by Crippen LogP contribution is 2.29. The van der Waals surface area contributed by atoms with Crippen molar-refractivity contribution in [2.24, 2.45) is 0 Å². The fraction of sp³-hybridized carbons (Fsp3) is 0.294. The van der Waals surface area contributed by atoms with E-state index >= 15 is 0 Å². The van der Waals surface area contributed by atoms with Crippen molar-refractivity contribution in [3.63, 3.8) is 0 Å². The van der Waals surface area contributed by atoms with Gasteiger partial charge in [0.2, 0.25) is 0 Å². The third-order valence-electron chi connectivity index (χ3n) is 3.21. The summed E-state index contributed by atoms with van der Waals surface area (Å²) in [6.45, 7) is 6.90. The summed E-state index contributed by atoms with van der Waals surface area (Å²) in [5.74, 6) is -0.241. The van der Waals surface area contributed by atoms with Gasteiger partial charge >= 0.3 is 0 Å². The van der Waals surface area contributed by atoms with Crippen LogP contribution in [0.5, 0.6) is 0 Å². The van der Waals surface area contributed by atoms with Crippen LogP contribution in [0.4, 0.5) is 10.1 Å². The third kappa shape index (κ3) is 3.51. The topological polar surface area (TPSA) is 12.0 Å². The van der Waals surface area contributed by atoms with Crippen LogP contribution in [0.25, 0.3) is 0 Å². The molecule has 0 unspecified atom stereocenters. The number of hydrogen-bond donors (Lipinski definition) is 1. The van der Waals surface area contributed by atoms with Gasteiger partial charge in [0.05, 0.1) is 0 Å². The molecule has 0 bridgehead atoms. The lowest BCUT2D eigenvalue weighted by Gasteiger charge is -2.23. The SMILES string of the molecule is CC(C)(C)c1ccccc1NCc1cc(Cl)ccc1F. The maximum atomic E-state index is 13.7. The number of anilines is 1. The van der Waals surface area contributed by atoms with Crippen molar-refractivity contribution in [2.75, 3.05) is 5.32 Å². The zero-order valence-electron chi connectivity index (χ0n) is 12.0. The molecule has 0 aliphatic carbocycles. The summed E-state index contributed by atoms with van der Waals surface area (Å²) in [4.78, 5) is 0. The Labute approximate surface area is 124 Å².